The molecule has 168 valence electrons. The average molecular weight is 442 g/mol. The molecule has 1 N–H and O–H groups in total. The second-order valence-corrected chi connectivity index (χ2v) is 7.60. The molecular formula is C27H27N3O3. The maximum Gasteiger partial charge on any atom is 0.282 e. The molecule has 6 nitrogen and oxygen atoms in total. The number of nitrogens with zero attached hydrogens (tertiary/aromatic N) is 2. The number of amides is 2. The lowest BCUT2D eigenvalue weighted by atomic mass is 10.0. The molecule has 0 aromatic heterocycles. The Labute approximate surface area is 194 Å². The molecule has 0 saturated carbocycles. The van der Waals surface area contributed by atoms with Crippen molar-refractivity contribution in [2.45, 2.75) is 13.8 Å². The van der Waals surface area contributed by atoms with Crippen LogP contribution in [0.1, 0.15) is 19.4 Å². The highest BCUT2D eigenvalue weighted by Gasteiger charge is 2.40. The molecule has 2 amide bonds. The first kappa shape index (κ1) is 22.1. The molecule has 0 radical (unpaired) electrons. The van der Waals surface area contributed by atoms with E-state index in [0.717, 1.165) is 24.5 Å². The monoisotopic (exact) mass is 441 g/mol. The van der Waals surface area contributed by atoms with Crippen molar-refractivity contribution in [1.82, 2.24) is 0 Å². The Morgan fingerprint density at radius 2 is 1.45 bits per heavy atom. The number of rotatable bonds is 8. The topological polar surface area (TPSA) is 61.9 Å². The van der Waals surface area contributed by atoms with Crippen molar-refractivity contribution in [1.29, 1.82) is 0 Å². The molecule has 1 aliphatic heterocycles. The fourth-order valence-electron chi connectivity index (χ4n) is 3.97. The lowest BCUT2D eigenvalue weighted by Crippen LogP contribution is -2.32. The van der Waals surface area contributed by atoms with E-state index < -0.39 is 5.91 Å². The number of hydrogen-bond donors (Lipinski definition) is 1. The van der Waals surface area contributed by atoms with E-state index in [-0.39, 0.29) is 11.6 Å². The van der Waals surface area contributed by atoms with Crippen LogP contribution < -0.4 is 19.9 Å². The fourth-order valence-corrected chi connectivity index (χ4v) is 3.97. The van der Waals surface area contributed by atoms with Crippen LogP contribution in [0, 0.1) is 0 Å². The van der Waals surface area contributed by atoms with Gasteiger partial charge in [0.05, 0.1) is 18.4 Å². The first-order chi connectivity index (χ1) is 16.1. The number of carbonyl (C=O) groups is 2. The summed E-state index contributed by atoms with van der Waals surface area (Å²) in [5.41, 5.74) is 3.65. The smallest absolute Gasteiger partial charge is 0.282 e. The van der Waals surface area contributed by atoms with Crippen molar-refractivity contribution < 1.29 is 14.3 Å². The van der Waals surface area contributed by atoms with Gasteiger partial charge in [0, 0.05) is 24.5 Å². The third-order valence-corrected chi connectivity index (χ3v) is 5.74. The highest BCUT2D eigenvalue weighted by Crippen LogP contribution is 2.34. The number of ether oxygens (including phenoxy) is 1. The van der Waals surface area contributed by atoms with Crippen molar-refractivity contribution in [2.24, 2.45) is 0 Å². The van der Waals surface area contributed by atoms with Gasteiger partial charge in [-0.15, -0.1) is 0 Å². The number of hydrogen-bond acceptors (Lipinski definition) is 5. The van der Waals surface area contributed by atoms with Crippen molar-refractivity contribution in [2.75, 3.05) is 35.3 Å². The molecule has 33 heavy (non-hydrogen) atoms. The highest BCUT2D eigenvalue weighted by atomic mass is 16.5. The molecule has 6 heteroatoms. The van der Waals surface area contributed by atoms with Gasteiger partial charge in [-0.05, 0) is 67.9 Å². The van der Waals surface area contributed by atoms with Gasteiger partial charge in [-0.25, -0.2) is 4.90 Å². The predicted octanol–water partition coefficient (Wildman–Crippen LogP) is 4.94. The predicted molar refractivity (Wildman–Crippen MR) is 132 cm³/mol. The Kier molecular flexibility index (Phi) is 6.45. The van der Waals surface area contributed by atoms with E-state index in [0.29, 0.717) is 22.6 Å². The van der Waals surface area contributed by atoms with E-state index in [1.807, 2.05) is 54.6 Å². The summed E-state index contributed by atoms with van der Waals surface area (Å²) < 4.78 is 5.20. The molecule has 0 spiro atoms. The normalized spacial score (nSPS) is 13.5. The third-order valence-electron chi connectivity index (χ3n) is 5.74. The van der Waals surface area contributed by atoms with E-state index in [4.69, 9.17) is 4.74 Å². The van der Waals surface area contributed by atoms with Crippen molar-refractivity contribution in [3.05, 3.63) is 90.1 Å². The average Bonchev–Trinajstić information content (AvgIpc) is 3.10. The number of benzene rings is 3. The molecule has 0 fully saturated rings. The van der Waals surface area contributed by atoms with Gasteiger partial charge in [-0.2, -0.15) is 0 Å². The largest absolute Gasteiger partial charge is 0.497 e. The Morgan fingerprint density at radius 1 is 0.818 bits per heavy atom. The van der Waals surface area contributed by atoms with E-state index in [1.54, 1.807) is 31.4 Å². The molecule has 1 aliphatic rings. The second-order valence-electron chi connectivity index (χ2n) is 7.60. The maximum absolute atomic E-state index is 13.5. The summed E-state index contributed by atoms with van der Waals surface area (Å²) in [7, 11) is 1.57. The molecule has 3 aromatic carbocycles. The molecule has 0 atom stereocenters. The van der Waals surface area contributed by atoms with Crippen LogP contribution in [0.25, 0.3) is 5.57 Å². The number of carbonyl (C=O) groups excluding carboxylic acids is 2. The van der Waals surface area contributed by atoms with Gasteiger partial charge in [0.15, 0.2) is 0 Å². The van der Waals surface area contributed by atoms with Gasteiger partial charge >= 0.3 is 0 Å². The summed E-state index contributed by atoms with van der Waals surface area (Å²) in [6, 6.07) is 24.0. The van der Waals surface area contributed by atoms with E-state index in [1.165, 1.54) is 4.90 Å². The van der Waals surface area contributed by atoms with Crippen LogP contribution in [0.2, 0.25) is 0 Å². The van der Waals surface area contributed by atoms with Gasteiger partial charge in [0.2, 0.25) is 0 Å². The van der Waals surface area contributed by atoms with Gasteiger partial charge in [0.25, 0.3) is 11.8 Å². The molecule has 1 heterocycles. The quantitative estimate of drug-likeness (QED) is 0.502. The Morgan fingerprint density at radius 3 is 2.03 bits per heavy atom. The summed E-state index contributed by atoms with van der Waals surface area (Å²) in [6.07, 6.45) is 0. The Bertz CT molecular complexity index is 1170. The lowest BCUT2D eigenvalue weighted by molar-refractivity contribution is -0.120. The Hall–Kier alpha value is -4.06. The summed E-state index contributed by atoms with van der Waals surface area (Å²) in [5.74, 6) is -0.101. The SMILES string of the molecule is CCN(CC)c1ccc(NC2=C(c3ccccc3)C(=O)N(c3ccc(OC)cc3)C2=O)cc1. The van der Waals surface area contributed by atoms with Crippen LogP contribution in [-0.2, 0) is 9.59 Å². The molecular weight excluding hydrogens is 414 g/mol. The van der Waals surface area contributed by atoms with E-state index in [2.05, 4.69) is 24.1 Å². The van der Waals surface area contributed by atoms with Crippen LogP contribution in [0.3, 0.4) is 0 Å². The first-order valence-corrected chi connectivity index (χ1v) is 11.0. The summed E-state index contributed by atoms with van der Waals surface area (Å²) in [5, 5.41) is 3.22. The molecule has 0 aliphatic carbocycles. The van der Waals surface area contributed by atoms with Crippen LogP contribution >= 0.6 is 0 Å². The van der Waals surface area contributed by atoms with Gasteiger partial charge in [-0.1, -0.05) is 30.3 Å². The fraction of sp³-hybridized carbons (Fsp3) is 0.185. The zero-order chi connectivity index (χ0) is 23.4. The van der Waals surface area contributed by atoms with Crippen LogP contribution in [-0.4, -0.2) is 32.0 Å². The lowest BCUT2D eigenvalue weighted by Gasteiger charge is -2.21. The number of anilines is 3. The third kappa shape index (κ3) is 4.32. The van der Waals surface area contributed by atoms with Crippen molar-refractivity contribution >= 4 is 34.4 Å². The molecule has 3 aromatic rings. The van der Waals surface area contributed by atoms with Crippen LogP contribution in [0.4, 0.5) is 17.1 Å². The van der Waals surface area contributed by atoms with Crippen molar-refractivity contribution in [3.8, 4) is 5.75 Å². The minimum Gasteiger partial charge on any atom is -0.497 e. The molecule has 0 saturated heterocycles. The van der Waals surface area contributed by atoms with Crippen molar-refractivity contribution in [3.63, 3.8) is 0 Å². The standard InChI is InChI=1S/C27H27N3O3/c1-4-29(5-2)21-13-11-20(12-14-21)28-25-24(19-9-7-6-8-10-19)26(31)30(27(25)32)22-15-17-23(33-3)18-16-22/h6-18,28H,4-5H2,1-3H3. The molecule has 0 bridgehead atoms. The van der Waals surface area contributed by atoms with Gasteiger partial charge in [0.1, 0.15) is 11.4 Å². The zero-order valence-corrected chi connectivity index (χ0v) is 19.0. The van der Waals surface area contributed by atoms with Gasteiger partial charge in [-0.3, -0.25) is 9.59 Å². The zero-order valence-electron chi connectivity index (χ0n) is 19.0. The van der Waals surface area contributed by atoms with E-state index in [9.17, 15) is 9.59 Å². The second kappa shape index (κ2) is 9.61. The maximum atomic E-state index is 13.5. The molecule has 4 rings (SSSR count). The van der Waals surface area contributed by atoms with Crippen LogP contribution in [0.5, 0.6) is 5.75 Å². The molecule has 0 unspecified atom stereocenters. The minimum absolute atomic E-state index is 0.262. The summed E-state index contributed by atoms with van der Waals surface area (Å²) >= 11 is 0. The minimum atomic E-state index is -0.392. The van der Waals surface area contributed by atoms with Gasteiger partial charge < -0.3 is 15.0 Å². The summed E-state index contributed by atoms with van der Waals surface area (Å²) in [4.78, 5) is 30.4. The first-order valence-electron chi connectivity index (χ1n) is 11.0. The number of imide groups is 1. The Balaban J connectivity index is 1.71. The highest BCUT2D eigenvalue weighted by molar-refractivity contribution is 6.46. The van der Waals surface area contributed by atoms with E-state index >= 15 is 0 Å². The number of methoxy groups -OCH3 is 1. The number of nitrogens with one attached hydrogen (secondary N) is 1. The van der Waals surface area contributed by atoms with Crippen LogP contribution in [0.15, 0.2) is 84.6 Å². The summed E-state index contributed by atoms with van der Waals surface area (Å²) in [6.45, 7) is 6.05.